The maximum atomic E-state index is 12.8. The minimum absolute atomic E-state index is 0. The van der Waals surface area contributed by atoms with Gasteiger partial charge in [0.25, 0.3) is 5.91 Å². The number of nitrogens with zero attached hydrogens (tertiary/aromatic N) is 4. The maximum Gasteiger partial charge on any atom is 0.279 e. The van der Waals surface area contributed by atoms with Gasteiger partial charge in [0.05, 0.1) is 17.4 Å². The van der Waals surface area contributed by atoms with E-state index in [9.17, 15) is 4.79 Å². The molecule has 29 heavy (non-hydrogen) atoms. The molecule has 9 heteroatoms. The van der Waals surface area contributed by atoms with Crippen LogP contribution in [0.1, 0.15) is 45.5 Å². The number of carbonyl (C=O) groups excluding carboxylic acids is 1. The number of amides is 1. The van der Waals surface area contributed by atoms with Crippen molar-refractivity contribution in [3.63, 3.8) is 0 Å². The van der Waals surface area contributed by atoms with Gasteiger partial charge in [-0.3, -0.25) is 10.1 Å². The Balaban J connectivity index is 0.00000240. The van der Waals surface area contributed by atoms with Gasteiger partial charge in [-0.2, -0.15) is 0 Å². The van der Waals surface area contributed by atoms with Crippen LogP contribution in [0.3, 0.4) is 0 Å². The SMILES string of the molecule is Cc1ccc(-c2nc(NC(=O)c3nnn(C4CCNCC4)c3C)sc2C)cc1.Cl. The Kier molecular flexibility index (Phi) is 6.66. The molecular weight excluding hydrogens is 408 g/mol. The van der Waals surface area contributed by atoms with E-state index in [0.717, 1.165) is 47.8 Å². The molecule has 4 rings (SSSR count). The van der Waals surface area contributed by atoms with Crippen molar-refractivity contribution in [2.24, 2.45) is 0 Å². The molecule has 1 amide bonds. The molecule has 0 unspecified atom stereocenters. The third-order valence-electron chi connectivity index (χ3n) is 5.14. The quantitative estimate of drug-likeness (QED) is 0.652. The minimum Gasteiger partial charge on any atom is -0.317 e. The number of rotatable bonds is 4. The zero-order chi connectivity index (χ0) is 19.7. The average Bonchev–Trinajstić information content (AvgIpc) is 3.25. The highest BCUT2D eigenvalue weighted by Gasteiger charge is 2.23. The Morgan fingerprint density at radius 3 is 2.55 bits per heavy atom. The lowest BCUT2D eigenvalue weighted by atomic mass is 10.1. The number of aryl methyl sites for hydroxylation is 2. The molecule has 3 heterocycles. The fourth-order valence-corrected chi connectivity index (χ4v) is 4.37. The summed E-state index contributed by atoms with van der Waals surface area (Å²) in [5, 5.41) is 15.2. The normalized spacial score (nSPS) is 14.4. The monoisotopic (exact) mass is 432 g/mol. The van der Waals surface area contributed by atoms with Gasteiger partial charge < -0.3 is 5.32 Å². The smallest absolute Gasteiger partial charge is 0.279 e. The molecular formula is C20H25ClN6OS. The van der Waals surface area contributed by atoms with Crippen LogP contribution in [0.4, 0.5) is 5.13 Å². The zero-order valence-corrected chi connectivity index (χ0v) is 18.4. The summed E-state index contributed by atoms with van der Waals surface area (Å²) < 4.78 is 1.89. The number of hydrogen-bond acceptors (Lipinski definition) is 6. The Labute approximate surface area is 180 Å². The molecule has 3 aromatic rings. The molecule has 0 saturated carbocycles. The van der Waals surface area contributed by atoms with Crippen molar-refractivity contribution in [3.05, 3.63) is 46.1 Å². The topological polar surface area (TPSA) is 84.7 Å². The molecule has 154 valence electrons. The maximum absolute atomic E-state index is 12.8. The van der Waals surface area contributed by atoms with Crippen LogP contribution >= 0.6 is 23.7 Å². The molecule has 0 aliphatic carbocycles. The molecule has 7 nitrogen and oxygen atoms in total. The summed E-state index contributed by atoms with van der Waals surface area (Å²) in [6.07, 6.45) is 1.99. The highest BCUT2D eigenvalue weighted by atomic mass is 35.5. The summed E-state index contributed by atoms with van der Waals surface area (Å²) in [4.78, 5) is 18.4. The van der Waals surface area contributed by atoms with Crippen LogP contribution in [0.15, 0.2) is 24.3 Å². The third kappa shape index (κ3) is 4.49. The van der Waals surface area contributed by atoms with Crippen LogP contribution in [-0.2, 0) is 0 Å². The van der Waals surface area contributed by atoms with E-state index in [1.165, 1.54) is 16.9 Å². The van der Waals surface area contributed by atoms with E-state index in [1.54, 1.807) is 0 Å². The molecule has 1 aliphatic heterocycles. The van der Waals surface area contributed by atoms with Crippen molar-refractivity contribution in [3.8, 4) is 11.3 Å². The van der Waals surface area contributed by atoms with Crippen LogP contribution < -0.4 is 10.6 Å². The zero-order valence-electron chi connectivity index (χ0n) is 16.7. The highest BCUT2D eigenvalue weighted by Crippen LogP contribution is 2.31. The van der Waals surface area contributed by atoms with Gasteiger partial charge in [0.2, 0.25) is 0 Å². The fourth-order valence-electron chi connectivity index (χ4n) is 3.53. The van der Waals surface area contributed by atoms with Gasteiger partial charge in [-0.25, -0.2) is 9.67 Å². The van der Waals surface area contributed by atoms with Gasteiger partial charge in [0, 0.05) is 10.4 Å². The molecule has 1 saturated heterocycles. The molecule has 0 spiro atoms. The number of anilines is 1. The molecule has 2 aromatic heterocycles. The number of halogens is 1. The predicted molar refractivity (Wildman–Crippen MR) is 118 cm³/mol. The molecule has 2 N–H and O–H groups in total. The van der Waals surface area contributed by atoms with E-state index in [-0.39, 0.29) is 18.3 Å². The summed E-state index contributed by atoms with van der Waals surface area (Å²) in [5.74, 6) is -0.262. The number of thiazole rings is 1. The lowest BCUT2D eigenvalue weighted by molar-refractivity contribution is 0.102. The van der Waals surface area contributed by atoms with Gasteiger partial charge >= 0.3 is 0 Å². The van der Waals surface area contributed by atoms with Crippen molar-refractivity contribution in [2.45, 2.75) is 39.7 Å². The van der Waals surface area contributed by atoms with E-state index >= 15 is 0 Å². The standard InChI is InChI=1S/C20H24N6OS.ClH/c1-12-4-6-15(7-5-12)18-14(3)28-20(22-18)23-19(27)17-13(2)26(25-24-17)16-8-10-21-11-9-16;/h4-7,16,21H,8-11H2,1-3H3,(H,22,23,27);1H. The second-order valence-corrected chi connectivity index (χ2v) is 8.40. The Morgan fingerprint density at radius 2 is 1.86 bits per heavy atom. The van der Waals surface area contributed by atoms with Crippen molar-refractivity contribution in [1.82, 2.24) is 25.3 Å². The Bertz CT molecular complexity index is 991. The van der Waals surface area contributed by atoms with E-state index in [1.807, 2.05) is 18.5 Å². The first-order valence-electron chi connectivity index (χ1n) is 9.51. The van der Waals surface area contributed by atoms with Gasteiger partial charge in [0.15, 0.2) is 10.8 Å². The first-order chi connectivity index (χ1) is 13.5. The summed E-state index contributed by atoms with van der Waals surface area (Å²) >= 11 is 1.47. The van der Waals surface area contributed by atoms with E-state index in [2.05, 4.69) is 57.1 Å². The van der Waals surface area contributed by atoms with E-state index < -0.39 is 0 Å². The first-order valence-corrected chi connectivity index (χ1v) is 10.3. The van der Waals surface area contributed by atoms with Crippen molar-refractivity contribution in [1.29, 1.82) is 0 Å². The second kappa shape index (κ2) is 9.02. The molecule has 0 bridgehead atoms. The molecule has 1 aromatic carbocycles. The molecule has 1 fully saturated rings. The van der Waals surface area contributed by atoms with Gasteiger partial charge in [-0.1, -0.05) is 35.0 Å². The largest absolute Gasteiger partial charge is 0.317 e. The van der Waals surface area contributed by atoms with Crippen molar-refractivity contribution in [2.75, 3.05) is 18.4 Å². The molecule has 0 radical (unpaired) electrons. The van der Waals surface area contributed by atoms with Crippen LogP contribution in [0.25, 0.3) is 11.3 Å². The Morgan fingerprint density at radius 1 is 1.17 bits per heavy atom. The lowest BCUT2D eigenvalue weighted by Crippen LogP contribution is -2.30. The first kappa shape index (κ1) is 21.4. The summed E-state index contributed by atoms with van der Waals surface area (Å²) in [5.41, 5.74) is 4.32. The van der Waals surface area contributed by atoms with Crippen LogP contribution in [-0.4, -0.2) is 39.0 Å². The fraction of sp³-hybridized carbons (Fsp3) is 0.400. The number of carbonyl (C=O) groups is 1. The van der Waals surface area contributed by atoms with Gasteiger partial charge in [-0.15, -0.1) is 28.8 Å². The van der Waals surface area contributed by atoms with Gasteiger partial charge in [0.1, 0.15) is 0 Å². The number of piperidine rings is 1. The highest BCUT2D eigenvalue weighted by molar-refractivity contribution is 7.16. The molecule has 0 atom stereocenters. The average molecular weight is 433 g/mol. The van der Waals surface area contributed by atoms with Gasteiger partial charge in [-0.05, 0) is 46.7 Å². The third-order valence-corrected chi connectivity index (χ3v) is 6.03. The number of benzene rings is 1. The minimum atomic E-state index is -0.262. The van der Waals surface area contributed by atoms with Crippen LogP contribution in [0, 0.1) is 20.8 Å². The molecule has 1 aliphatic rings. The number of hydrogen-bond donors (Lipinski definition) is 2. The van der Waals surface area contributed by atoms with Crippen LogP contribution in [0.2, 0.25) is 0 Å². The number of aromatic nitrogens is 4. The van der Waals surface area contributed by atoms with Crippen molar-refractivity contribution >= 4 is 34.8 Å². The summed E-state index contributed by atoms with van der Waals surface area (Å²) in [6, 6.07) is 8.53. The lowest BCUT2D eigenvalue weighted by Gasteiger charge is -2.23. The van der Waals surface area contributed by atoms with E-state index in [0.29, 0.717) is 16.9 Å². The Hall–Kier alpha value is -2.29. The van der Waals surface area contributed by atoms with Crippen LogP contribution in [0.5, 0.6) is 0 Å². The number of nitrogens with one attached hydrogen (secondary N) is 2. The van der Waals surface area contributed by atoms with Crippen molar-refractivity contribution < 1.29 is 4.79 Å². The van der Waals surface area contributed by atoms with E-state index in [4.69, 9.17) is 0 Å². The summed E-state index contributed by atoms with van der Waals surface area (Å²) in [7, 11) is 0. The second-order valence-electron chi connectivity index (χ2n) is 7.19. The summed E-state index contributed by atoms with van der Waals surface area (Å²) in [6.45, 7) is 7.91. The predicted octanol–water partition coefficient (Wildman–Crippen LogP) is 3.93.